The Kier molecular flexibility index (Phi) is 5.45. The van der Waals surface area contributed by atoms with Gasteiger partial charge in [-0.15, -0.1) is 0 Å². The fraction of sp³-hybridized carbons (Fsp3) is 0.333. The lowest BCUT2D eigenvalue weighted by molar-refractivity contribution is -0.384. The van der Waals surface area contributed by atoms with Crippen LogP contribution in [0, 0.1) is 16.0 Å². The number of carbonyl (C=O) groups is 2. The highest BCUT2D eigenvalue weighted by Gasteiger charge is 2.15. The van der Waals surface area contributed by atoms with E-state index in [-0.39, 0.29) is 29.2 Å². The van der Waals surface area contributed by atoms with Crippen LogP contribution >= 0.6 is 11.6 Å². The molecule has 0 radical (unpaired) electrons. The minimum absolute atomic E-state index is 0.0622. The highest BCUT2D eigenvalue weighted by molar-refractivity contribution is 6.31. The number of non-ortho nitro benzene ring substituents is 1. The Hall–Kier alpha value is -2.15. The number of carbonyl (C=O) groups excluding carboxylic acids is 1. The van der Waals surface area contributed by atoms with Gasteiger partial charge in [-0.1, -0.05) is 18.5 Å². The average Bonchev–Trinajstić information content (AvgIpc) is 2.37. The van der Waals surface area contributed by atoms with E-state index in [4.69, 9.17) is 16.7 Å². The van der Waals surface area contributed by atoms with Gasteiger partial charge in [0.05, 0.1) is 10.8 Å². The van der Waals surface area contributed by atoms with Crippen molar-refractivity contribution in [1.29, 1.82) is 0 Å². The van der Waals surface area contributed by atoms with Gasteiger partial charge >= 0.3 is 5.97 Å². The van der Waals surface area contributed by atoms with E-state index in [2.05, 4.69) is 5.32 Å². The first kappa shape index (κ1) is 15.9. The molecule has 1 aromatic rings. The summed E-state index contributed by atoms with van der Waals surface area (Å²) in [5, 5.41) is 21.9. The lowest BCUT2D eigenvalue weighted by atomic mass is 10.1. The van der Waals surface area contributed by atoms with Crippen LogP contribution in [0.4, 0.5) is 5.69 Å². The number of aliphatic carboxylic acids is 1. The zero-order chi connectivity index (χ0) is 15.3. The van der Waals surface area contributed by atoms with Crippen molar-refractivity contribution in [3.8, 4) is 0 Å². The zero-order valence-electron chi connectivity index (χ0n) is 10.6. The fourth-order valence-electron chi connectivity index (χ4n) is 1.44. The van der Waals surface area contributed by atoms with Gasteiger partial charge < -0.3 is 10.4 Å². The second-order valence-electron chi connectivity index (χ2n) is 4.24. The van der Waals surface area contributed by atoms with Crippen molar-refractivity contribution in [1.82, 2.24) is 5.32 Å². The first-order chi connectivity index (χ1) is 9.31. The van der Waals surface area contributed by atoms with Gasteiger partial charge in [-0.2, -0.15) is 0 Å². The first-order valence-corrected chi connectivity index (χ1v) is 6.15. The summed E-state index contributed by atoms with van der Waals surface area (Å²) in [6.07, 6.45) is 0.268. The molecule has 0 saturated heterocycles. The molecule has 0 aliphatic heterocycles. The van der Waals surface area contributed by atoms with Gasteiger partial charge in [-0.25, -0.2) is 0 Å². The maximum Gasteiger partial charge on any atom is 0.306 e. The number of nitrogens with one attached hydrogen (secondary N) is 1. The SMILES string of the molecule is CC(CCNC(=O)c1cc(Cl)cc([N+](=O)[O-])c1)C(=O)O. The van der Waals surface area contributed by atoms with E-state index >= 15 is 0 Å². The molecule has 1 unspecified atom stereocenters. The fourth-order valence-corrected chi connectivity index (χ4v) is 1.67. The number of hydrogen-bond acceptors (Lipinski definition) is 4. The number of benzene rings is 1. The molecule has 8 heteroatoms. The van der Waals surface area contributed by atoms with Crippen LogP contribution in [0.2, 0.25) is 5.02 Å². The van der Waals surface area contributed by atoms with E-state index in [1.165, 1.54) is 13.0 Å². The Bertz CT molecular complexity index is 547. The number of carboxylic acids is 1. The van der Waals surface area contributed by atoms with Crippen LogP contribution in [0.25, 0.3) is 0 Å². The largest absolute Gasteiger partial charge is 0.481 e. The number of rotatable bonds is 6. The van der Waals surface area contributed by atoms with Crippen LogP contribution < -0.4 is 5.32 Å². The lowest BCUT2D eigenvalue weighted by Crippen LogP contribution is -2.27. The molecular weight excluding hydrogens is 288 g/mol. The number of nitro groups is 1. The maximum absolute atomic E-state index is 11.8. The Labute approximate surface area is 119 Å². The molecule has 108 valence electrons. The number of hydrogen-bond donors (Lipinski definition) is 2. The monoisotopic (exact) mass is 300 g/mol. The maximum atomic E-state index is 11.8. The third kappa shape index (κ3) is 4.51. The van der Waals surface area contributed by atoms with Gasteiger partial charge in [-0.3, -0.25) is 19.7 Å². The quantitative estimate of drug-likeness (QED) is 0.617. The summed E-state index contributed by atoms with van der Waals surface area (Å²) in [4.78, 5) is 32.4. The molecule has 0 aliphatic rings. The molecule has 0 bridgehead atoms. The van der Waals surface area contributed by atoms with Gasteiger partial charge in [0.25, 0.3) is 11.6 Å². The predicted octanol–water partition coefficient (Wildman–Crippen LogP) is 2.09. The average molecular weight is 301 g/mol. The molecule has 0 fully saturated rings. The van der Waals surface area contributed by atoms with Crippen molar-refractivity contribution < 1.29 is 19.6 Å². The number of amides is 1. The molecule has 0 saturated carbocycles. The summed E-state index contributed by atoms with van der Waals surface area (Å²) in [7, 11) is 0. The van der Waals surface area contributed by atoms with Crippen molar-refractivity contribution in [2.24, 2.45) is 5.92 Å². The van der Waals surface area contributed by atoms with Gasteiger partial charge in [-0.05, 0) is 12.5 Å². The van der Waals surface area contributed by atoms with E-state index in [1.54, 1.807) is 0 Å². The third-order valence-electron chi connectivity index (χ3n) is 2.64. The molecule has 0 aliphatic carbocycles. The van der Waals surface area contributed by atoms with E-state index in [9.17, 15) is 19.7 Å². The van der Waals surface area contributed by atoms with Crippen LogP contribution in [-0.2, 0) is 4.79 Å². The molecule has 1 rings (SSSR count). The second-order valence-corrected chi connectivity index (χ2v) is 4.68. The minimum atomic E-state index is -0.947. The topological polar surface area (TPSA) is 110 Å². The predicted molar refractivity (Wildman–Crippen MR) is 71.9 cm³/mol. The molecule has 0 aromatic heterocycles. The number of carboxylic acid groups (broad SMARTS) is 1. The lowest BCUT2D eigenvalue weighted by Gasteiger charge is -2.08. The Morgan fingerprint density at radius 2 is 2.10 bits per heavy atom. The molecule has 1 aromatic carbocycles. The van der Waals surface area contributed by atoms with Gasteiger partial charge in [0.1, 0.15) is 0 Å². The molecule has 20 heavy (non-hydrogen) atoms. The number of nitro benzene ring substituents is 1. The van der Waals surface area contributed by atoms with Crippen LogP contribution in [0.5, 0.6) is 0 Å². The Morgan fingerprint density at radius 3 is 2.65 bits per heavy atom. The summed E-state index contributed by atoms with van der Waals surface area (Å²) in [5.41, 5.74) is -0.214. The van der Waals surface area contributed by atoms with E-state index in [0.717, 1.165) is 12.1 Å². The first-order valence-electron chi connectivity index (χ1n) is 5.77. The molecular formula is C12H13ClN2O5. The van der Waals surface area contributed by atoms with E-state index in [1.807, 2.05) is 0 Å². The summed E-state index contributed by atoms with van der Waals surface area (Å²) < 4.78 is 0. The molecule has 0 spiro atoms. The van der Waals surface area contributed by atoms with Gasteiger partial charge in [0.15, 0.2) is 0 Å². The van der Waals surface area contributed by atoms with Crippen LogP contribution in [0.1, 0.15) is 23.7 Å². The Morgan fingerprint density at radius 1 is 1.45 bits per heavy atom. The van der Waals surface area contributed by atoms with Crippen molar-refractivity contribution in [3.63, 3.8) is 0 Å². The highest BCUT2D eigenvalue weighted by Crippen LogP contribution is 2.20. The number of halogens is 1. The van der Waals surface area contributed by atoms with Crippen molar-refractivity contribution in [3.05, 3.63) is 38.9 Å². The van der Waals surface area contributed by atoms with Crippen LogP contribution in [0.15, 0.2) is 18.2 Å². The van der Waals surface area contributed by atoms with Crippen molar-refractivity contribution in [2.45, 2.75) is 13.3 Å². The van der Waals surface area contributed by atoms with Crippen molar-refractivity contribution >= 4 is 29.2 Å². The van der Waals surface area contributed by atoms with Crippen LogP contribution in [0.3, 0.4) is 0 Å². The van der Waals surface area contributed by atoms with Crippen LogP contribution in [-0.4, -0.2) is 28.5 Å². The Balaban J connectivity index is 2.68. The van der Waals surface area contributed by atoms with Gasteiger partial charge in [0, 0.05) is 29.3 Å². The zero-order valence-corrected chi connectivity index (χ0v) is 11.4. The molecule has 0 heterocycles. The summed E-state index contributed by atoms with van der Waals surface area (Å²) in [5.74, 6) is -2.06. The smallest absolute Gasteiger partial charge is 0.306 e. The third-order valence-corrected chi connectivity index (χ3v) is 2.86. The normalized spacial score (nSPS) is 11.7. The van der Waals surface area contributed by atoms with Gasteiger partial charge in [0.2, 0.25) is 0 Å². The second kappa shape index (κ2) is 6.85. The molecule has 7 nitrogen and oxygen atoms in total. The summed E-state index contributed by atoms with van der Waals surface area (Å²) in [6, 6.07) is 3.57. The van der Waals surface area contributed by atoms with Crippen molar-refractivity contribution in [2.75, 3.05) is 6.54 Å². The molecule has 1 atom stereocenters. The summed E-state index contributed by atoms with van der Waals surface area (Å²) in [6.45, 7) is 1.69. The minimum Gasteiger partial charge on any atom is -0.481 e. The number of nitrogens with zero attached hydrogens (tertiary/aromatic N) is 1. The molecule has 2 N–H and O–H groups in total. The molecule has 1 amide bonds. The summed E-state index contributed by atoms with van der Waals surface area (Å²) >= 11 is 5.70. The van der Waals surface area contributed by atoms with E-state index in [0.29, 0.717) is 0 Å². The highest BCUT2D eigenvalue weighted by atomic mass is 35.5. The standard InChI is InChI=1S/C12H13ClN2O5/c1-7(12(17)18)2-3-14-11(16)8-4-9(13)6-10(5-8)15(19)20/h4-7H,2-3H2,1H3,(H,14,16)(H,17,18). The van der Waals surface area contributed by atoms with E-state index < -0.39 is 22.7 Å².